The molecule has 1 amide bonds. The topological polar surface area (TPSA) is 139 Å². The first kappa shape index (κ1) is 17.3. The van der Waals surface area contributed by atoms with E-state index in [1.165, 1.54) is 17.0 Å². The molecule has 1 atom stereocenters. The molecule has 0 aromatic heterocycles. The molecule has 1 saturated heterocycles. The molecular weight excluding hydrogens is 326 g/mol. The fourth-order valence-electron chi connectivity index (χ4n) is 2.39. The highest BCUT2D eigenvalue weighted by molar-refractivity contribution is 7.86. The van der Waals surface area contributed by atoms with Crippen LogP contribution in [0, 0.1) is 0 Å². The second-order valence-electron chi connectivity index (χ2n) is 5.27. The molecule has 1 fully saturated rings. The van der Waals surface area contributed by atoms with Gasteiger partial charge in [-0.15, -0.1) is 0 Å². The van der Waals surface area contributed by atoms with Crippen molar-refractivity contribution >= 4 is 21.9 Å². The smallest absolute Gasteiger partial charge is 0.407 e. The molecule has 0 spiro atoms. The van der Waals surface area contributed by atoms with E-state index in [0.717, 1.165) is 0 Å². The summed E-state index contributed by atoms with van der Waals surface area (Å²) in [6.45, 7) is 0.559. The molecule has 5 N–H and O–H groups in total. The summed E-state index contributed by atoms with van der Waals surface area (Å²) in [7, 11) is -4.47. The average molecular weight is 345 g/mol. The zero-order valence-corrected chi connectivity index (χ0v) is 13.0. The number of phenols is 1. The van der Waals surface area contributed by atoms with Gasteiger partial charge in [0.05, 0.1) is 5.69 Å². The van der Waals surface area contributed by atoms with Gasteiger partial charge in [0, 0.05) is 19.1 Å². The van der Waals surface area contributed by atoms with Crippen LogP contribution >= 0.6 is 0 Å². The number of amides is 1. The molecule has 1 aliphatic rings. The Morgan fingerprint density at radius 2 is 1.87 bits per heavy atom. The van der Waals surface area contributed by atoms with E-state index in [4.69, 9.17) is 5.11 Å². The van der Waals surface area contributed by atoms with Gasteiger partial charge in [0.1, 0.15) is 5.75 Å². The first-order valence-corrected chi connectivity index (χ1v) is 8.52. The van der Waals surface area contributed by atoms with Crippen LogP contribution in [0.3, 0.4) is 0 Å². The van der Waals surface area contributed by atoms with E-state index in [1.54, 1.807) is 12.1 Å². The summed E-state index contributed by atoms with van der Waals surface area (Å²) in [5.74, 6) is -0.149. The number of nitrogens with zero attached hydrogens (tertiary/aromatic N) is 1. The van der Waals surface area contributed by atoms with Crippen LogP contribution in [0.4, 0.5) is 10.5 Å². The number of piperidine rings is 1. The minimum absolute atomic E-state index is 0.149. The summed E-state index contributed by atoms with van der Waals surface area (Å²) in [4.78, 5) is 12.1. The Morgan fingerprint density at radius 1 is 1.26 bits per heavy atom. The first-order valence-electron chi connectivity index (χ1n) is 7.02. The second-order valence-corrected chi connectivity index (χ2v) is 6.77. The number of likely N-dealkylation sites (tertiary alicyclic amines) is 1. The summed E-state index contributed by atoms with van der Waals surface area (Å²) in [5, 5.41) is 23.9. The molecule has 1 unspecified atom stereocenters. The maximum Gasteiger partial charge on any atom is 0.407 e. The number of rotatable bonds is 5. The Kier molecular flexibility index (Phi) is 5.29. The monoisotopic (exact) mass is 345 g/mol. The number of anilines is 1. The maximum atomic E-state index is 11.5. The predicted octanol–water partition coefficient (Wildman–Crippen LogP) is 0.707. The van der Waals surface area contributed by atoms with Crippen molar-refractivity contribution in [3.8, 4) is 5.75 Å². The lowest BCUT2D eigenvalue weighted by molar-refractivity contribution is 0.128. The highest BCUT2D eigenvalue weighted by Crippen LogP contribution is 2.23. The van der Waals surface area contributed by atoms with Crippen LogP contribution in [0.5, 0.6) is 5.75 Å². The zero-order chi connectivity index (χ0) is 17.0. The van der Waals surface area contributed by atoms with Gasteiger partial charge in [0.25, 0.3) is 10.1 Å². The van der Waals surface area contributed by atoms with Crippen molar-refractivity contribution < 1.29 is 28.0 Å². The number of carbonyl (C=O) groups is 1. The van der Waals surface area contributed by atoms with Gasteiger partial charge in [-0.3, -0.25) is 9.87 Å². The first-order chi connectivity index (χ1) is 10.8. The van der Waals surface area contributed by atoms with Gasteiger partial charge in [-0.05, 0) is 25.0 Å². The number of benzene rings is 1. The maximum absolute atomic E-state index is 11.5. The molecule has 1 aromatic rings. The third-order valence-electron chi connectivity index (χ3n) is 3.64. The minimum atomic E-state index is -4.47. The molecular formula is C13H19N3O6S. The van der Waals surface area contributed by atoms with E-state index in [9.17, 15) is 22.9 Å². The summed E-state index contributed by atoms with van der Waals surface area (Å²) < 4.78 is 32.4. The molecule has 1 aromatic carbocycles. The molecule has 1 heterocycles. The van der Waals surface area contributed by atoms with Crippen LogP contribution in [-0.4, -0.2) is 58.8 Å². The molecule has 9 nitrogen and oxygen atoms in total. The second kappa shape index (κ2) is 7.02. The van der Waals surface area contributed by atoms with Crippen LogP contribution < -0.4 is 10.6 Å². The van der Waals surface area contributed by atoms with Crippen LogP contribution in [-0.2, 0) is 10.1 Å². The van der Waals surface area contributed by atoms with Crippen LogP contribution in [0.25, 0.3) is 0 Å². The summed E-state index contributed by atoms with van der Waals surface area (Å²) >= 11 is 0. The van der Waals surface area contributed by atoms with Crippen molar-refractivity contribution in [3.05, 3.63) is 24.3 Å². The number of nitrogens with one attached hydrogen (secondary N) is 2. The van der Waals surface area contributed by atoms with E-state index < -0.39 is 21.7 Å². The van der Waals surface area contributed by atoms with Gasteiger partial charge >= 0.3 is 6.09 Å². The summed E-state index contributed by atoms with van der Waals surface area (Å²) in [6.07, 6.45) is -0.177. The van der Waals surface area contributed by atoms with Crippen LogP contribution in [0.1, 0.15) is 12.8 Å². The highest BCUT2D eigenvalue weighted by Gasteiger charge is 2.29. The standard InChI is InChI=1S/C13H19N3O6S/c17-11-4-2-1-3-10(11)15-12(23(20,21)22)14-9-5-7-16(8-6-9)13(18)19/h1-4,9,12,14-15,17H,5-8H2,(H,18,19)(H,20,21,22). The number of phenolic OH excluding ortho intramolecular Hbond substituents is 1. The number of hydrogen-bond acceptors (Lipinski definition) is 6. The van der Waals surface area contributed by atoms with Crippen molar-refractivity contribution in [2.45, 2.75) is 24.4 Å². The Bertz CT molecular complexity index is 657. The summed E-state index contributed by atoms with van der Waals surface area (Å²) in [5.41, 5.74) is -1.34. The van der Waals surface area contributed by atoms with Gasteiger partial charge < -0.3 is 20.4 Å². The van der Waals surface area contributed by atoms with E-state index in [1.807, 2.05) is 0 Å². The lowest BCUT2D eigenvalue weighted by Gasteiger charge is -2.32. The summed E-state index contributed by atoms with van der Waals surface area (Å²) in [6, 6.07) is 5.76. The third-order valence-corrected chi connectivity index (χ3v) is 4.49. The lowest BCUT2D eigenvalue weighted by Crippen LogP contribution is -2.52. The zero-order valence-electron chi connectivity index (χ0n) is 12.2. The largest absolute Gasteiger partial charge is 0.506 e. The predicted molar refractivity (Wildman–Crippen MR) is 82.8 cm³/mol. The average Bonchev–Trinajstić information content (AvgIpc) is 2.48. The Morgan fingerprint density at radius 3 is 2.39 bits per heavy atom. The lowest BCUT2D eigenvalue weighted by atomic mass is 10.1. The van der Waals surface area contributed by atoms with Gasteiger partial charge in [0.2, 0.25) is 5.50 Å². The fraction of sp³-hybridized carbons (Fsp3) is 0.462. The molecule has 1 aliphatic heterocycles. The molecule has 0 radical (unpaired) electrons. The van der Waals surface area contributed by atoms with E-state index in [0.29, 0.717) is 12.8 Å². The van der Waals surface area contributed by atoms with Crippen molar-refractivity contribution in [2.24, 2.45) is 0 Å². The van der Waals surface area contributed by atoms with Crippen molar-refractivity contribution in [2.75, 3.05) is 18.4 Å². The van der Waals surface area contributed by atoms with Gasteiger partial charge in [-0.25, -0.2) is 4.79 Å². The molecule has 0 aliphatic carbocycles. The Hall–Kier alpha value is -2.04. The van der Waals surface area contributed by atoms with Crippen molar-refractivity contribution in [1.82, 2.24) is 10.2 Å². The van der Waals surface area contributed by atoms with Crippen LogP contribution in [0.15, 0.2) is 24.3 Å². The van der Waals surface area contributed by atoms with Gasteiger partial charge in [0.15, 0.2) is 0 Å². The SMILES string of the molecule is O=C(O)N1CCC(NC(Nc2ccccc2O)S(=O)(=O)O)CC1. The normalized spacial score (nSPS) is 17.7. The third kappa shape index (κ3) is 4.71. The molecule has 0 bridgehead atoms. The quantitative estimate of drug-likeness (QED) is 0.299. The Balaban J connectivity index is 2.03. The highest BCUT2D eigenvalue weighted by atomic mass is 32.2. The molecule has 10 heteroatoms. The van der Waals surface area contributed by atoms with Crippen molar-refractivity contribution in [1.29, 1.82) is 0 Å². The number of para-hydroxylation sites is 2. The van der Waals surface area contributed by atoms with Gasteiger partial charge in [-0.1, -0.05) is 12.1 Å². The Labute approximate surface area is 133 Å². The van der Waals surface area contributed by atoms with Crippen LogP contribution in [0.2, 0.25) is 0 Å². The molecule has 23 heavy (non-hydrogen) atoms. The van der Waals surface area contributed by atoms with Gasteiger partial charge in [-0.2, -0.15) is 8.42 Å². The van der Waals surface area contributed by atoms with Crippen molar-refractivity contribution in [3.63, 3.8) is 0 Å². The number of carboxylic acid groups (broad SMARTS) is 1. The molecule has 2 rings (SSSR count). The number of aromatic hydroxyl groups is 1. The van der Waals surface area contributed by atoms with E-state index >= 15 is 0 Å². The van der Waals surface area contributed by atoms with E-state index in [2.05, 4.69) is 10.6 Å². The molecule has 128 valence electrons. The fourth-order valence-corrected chi connectivity index (χ4v) is 3.03. The number of hydrogen-bond donors (Lipinski definition) is 5. The van der Waals surface area contributed by atoms with E-state index in [-0.39, 0.29) is 30.6 Å². The molecule has 0 saturated carbocycles. The minimum Gasteiger partial charge on any atom is -0.506 e.